The number of hydrogen-bond donors (Lipinski definition) is 3. The van der Waals surface area contributed by atoms with Crippen molar-refractivity contribution >= 4 is 23.1 Å². The second-order valence-electron chi connectivity index (χ2n) is 9.40. The molecule has 0 bridgehead atoms. The van der Waals surface area contributed by atoms with Gasteiger partial charge in [-0.15, -0.1) is 0 Å². The number of amides is 2. The summed E-state index contributed by atoms with van der Waals surface area (Å²) < 4.78 is 0. The Kier molecular flexibility index (Phi) is 9.09. The first-order valence-electron chi connectivity index (χ1n) is 13.5. The average Bonchev–Trinajstić information content (AvgIpc) is 3.67. The Morgan fingerprint density at radius 1 is 1.18 bits per heavy atom. The van der Waals surface area contributed by atoms with Crippen molar-refractivity contribution in [1.82, 2.24) is 24.8 Å². The highest BCUT2D eigenvalue weighted by Gasteiger charge is 2.25. The van der Waals surface area contributed by atoms with Crippen LogP contribution in [0.15, 0.2) is 43.0 Å². The smallest absolute Gasteiger partial charge is 0.291 e. The normalized spacial score (nSPS) is 15.6. The zero-order valence-corrected chi connectivity index (χ0v) is 22.1. The number of imidazole rings is 2. The number of rotatable bonds is 6. The van der Waals surface area contributed by atoms with E-state index in [9.17, 15) is 9.59 Å². The second-order valence-corrected chi connectivity index (χ2v) is 9.40. The van der Waals surface area contributed by atoms with E-state index in [0.29, 0.717) is 12.3 Å². The van der Waals surface area contributed by atoms with E-state index in [2.05, 4.69) is 43.5 Å². The first kappa shape index (κ1) is 26.9. The average molecular weight is 514 g/mol. The van der Waals surface area contributed by atoms with Crippen LogP contribution in [0.25, 0.3) is 5.57 Å². The minimum absolute atomic E-state index is 0.117. The predicted octanol–water partition coefficient (Wildman–Crippen LogP) is 5.19. The number of hydrogen-bond acceptors (Lipinski definition) is 5. The summed E-state index contributed by atoms with van der Waals surface area (Å²) in [6.07, 6.45) is 13.4. The molecule has 9 heteroatoms. The second kappa shape index (κ2) is 12.9. The van der Waals surface area contributed by atoms with E-state index in [1.54, 1.807) is 12.5 Å². The molecule has 5 rings (SSSR count). The summed E-state index contributed by atoms with van der Waals surface area (Å²) in [5.41, 5.74) is 5.37. The molecule has 0 unspecified atom stereocenters. The monoisotopic (exact) mass is 513 g/mol. The molecule has 0 radical (unpaired) electrons. The summed E-state index contributed by atoms with van der Waals surface area (Å²) in [6, 6.07) is 8.22. The minimum atomic E-state index is -0.369. The van der Waals surface area contributed by atoms with Crippen molar-refractivity contribution in [3.8, 4) is 6.07 Å². The molecule has 0 spiro atoms. The third-order valence-corrected chi connectivity index (χ3v) is 7.06. The molecule has 1 saturated heterocycles. The van der Waals surface area contributed by atoms with Gasteiger partial charge in [-0.05, 0) is 67.7 Å². The number of nitrogens with one attached hydrogen (secondary N) is 3. The zero-order chi connectivity index (χ0) is 26.9. The molecule has 0 saturated carbocycles. The van der Waals surface area contributed by atoms with Crippen LogP contribution in [-0.2, 0) is 11.2 Å². The number of allylic oxidation sites excluding steroid dienone is 2. The van der Waals surface area contributed by atoms with Gasteiger partial charge in [0, 0.05) is 36.2 Å². The third kappa shape index (κ3) is 6.38. The number of H-pyrrole nitrogens is 2. The molecule has 2 aromatic heterocycles. The van der Waals surface area contributed by atoms with Crippen LogP contribution in [0, 0.1) is 11.3 Å². The van der Waals surface area contributed by atoms with Crippen molar-refractivity contribution < 1.29 is 9.59 Å². The topological polar surface area (TPSA) is 131 Å². The molecule has 1 aliphatic heterocycles. The number of piperidine rings is 1. The molecule has 2 amide bonds. The predicted molar refractivity (Wildman–Crippen MR) is 146 cm³/mol. The van der Waals surface area contributed by atoms with Crippen molar-refractivity contribution in [2.24, 2.45) is 0 Å². The Hall–Kier alpha value is -4.19. The van der Waals surface area contributed by atoms with E-state index in [4.69, 9.17) is 5.26 Å². The molecule has 1 fully saturated rings. The van der Waals surface area contributed by atoms with E-state index >= 15 is 0 Å². The Morgan fingerprint density at radius 3 is 2.66 bits per heavy atom. The molecule has 3 heterocycles. The summed E-state index contributed by atoms with van der Waals surface area (Å²) in [4.78, 5) is 41.1. The van der Waals surface area contributed by atoms with Crippen LogP contribution in [0.4, 0.5) is 5.69 Å². The summed E-state index contributed by atoms with van der Waals surface area (Å²) in [7, 11) is 0. The van der Waals surface area contributed by atoms with E-state index in [0.717, 1.165) is 62.1 Å². The molecule has 0 atom stereocenters. The Morgan fingerprint density at radius 2 is 2.00 bits per heavy atom. The molecule has 1 aliphatic carbocycles. The highest BCUT2D eigenvalue weighted by Crippen LogP contribution is 2.36. The minimum Gasteiger partial charge on any atom is -0.348 e. The molecule has 3 aromatic rings. The first-order valence-corrected chi connectivity index (χ1v) is 13.5. The van der Waals surface area contributed by atoms with Crippen molar-refractivity contribution in [1.29, 1.82) is 5.26 Å². The molecule has 38 heavy (non-hydrogen) atoms. The SMILES string of the molecule is CC.N#Cc1cnc(C(=O)Nc2ccc(C3CCN(C(=O)Cc4cnc[nH]4)CC3)cc2C2=CCCCC2)[nH]1. The molecule has 198 valence electrons. The van der Waals surface area contributed by atoms with Gasteiger partial charge in [-0.1, -0.05) is 26.0 Å². The van der Waals surface area contributed by atoms with Gasteiger partial charge in [0.1, 0.15) is 11.8 Å². The van der Waals surface area contributed by atoms with Crippen molar-refractivity contribution in [3.05, 3.63) is 71.3 Å². The van der Waals surface area contributed by atoms with Crippen LogP contribution in [0.5, 0.6) is 0 Å². The Labute approximate surface area is 223 Å². The largest absolute Gasteiger partial charge is 0.348 e. The zero-order valence-electron chi connectivity index (χ0n) is 22.1. The molecule has 2 aliphatic rings. The van der Waals surface area contributed by atoms with Crippen molar-refractivity contribution in [2.75, 3.05) is 18.4 Å². The number of anilines is 1. The number of likely N-dealkylation sites (tertiary alicyclic amines) is 1. The number of benzene rings is 1. The van der Waals surface area contributed by atoms with Gasteiger partial charge in [0.05, 0.1) is 18.9 Å². The van der Waals surface area contributed by atoms with Crippen LogP contribution in [-0.4, -0.2) is 49.7 Å². The van der Waals surface area contributed by atoms with Crippen molar-refractivity contribution in [2.45, 2.75) is 64.7 Å². The van der Waals surface area contributed by atoms with Gasteiger partial charge in [0.25, 0.3) is 5.91 Å². The first-order chi connectivity index (χ1) is 18.6. The summed E-state index contributed by atoms with van der Waals surface area (Å²) in [5.74, 6) is 0.232. The standard InChI is InChI=1S/C27H29N7O2.C2H6/c28-14-22-16-30-26(32-22)27(36)33-24-7-6-20(12-23(24)19-4-2-1-3-5-19)18-8-10-34(11-9-18)25(35)13-21-15-29-17-31-21;1-2/h4,6-7,12,15-18H,1-3,5,8-11,13H2,(H,29,31)(H,30,32)(H,33,36);1-2H3. The molecular formula is C29H35N7O2. The van der Waals surface area contributed by atoms with E-state index < -0.39 is 0 Å². The lowest BCUT2D eigenvalue weighted by Crippen LogP contribution is -2.38. The van der Waals surface area contributed by atoms with Gasteiger partial charge in [-0.25, -0.2) is 9.97 Å². The van der Waals surface area contributed by atoms with Crippen molar-refractivity contribution in [3.63, 3.8) is 0 Å². The fourth-order valence-electron chi connectivity index (χ4n) is 5.07. The van der Waals surface area contributed by atoms with Crippen LogP contribution in [0.2, 0.25) is 0 Å². The van der Waals surface area contributed by atoms with E-state index in [1.807, 2.05) is 30.9 Å². The molecule has 3 N–H and O–H groups in total. The maximum absolute atomic E-state index is 12.8. The Balaban J connectivity index is 0.00000164. The maximum atomic E-state index is 12.8. The fourth-order valence-corrected chi connectivity index (χ4v) is 5.07. The highest BCUT2D eigenvalue weighted by molar-refractivity contribution is 6.03. The van der Waals surface area contributed by atoms with Gasteiger partial charge < -0.3 is 20.2 Å². The van der Waals surface area contributed by atoms with Gasteiger partial charge >= 0.3 is 0 Å². The van der Waals surface area contributed by atoms with Gasteiger partial charge in [-0.3, -0.25) is 9.59 Å². The lowest BCUT2D eigenvalue weighted by Gasteiger charge is -2.32. The highest BCUT2D eigenvalue weighted by atomic mass is 16.2. The van der Waals surface area contributed by atoms with Gasteiger partial charge in [-0.2, -0.15) is 5.26 Å². The summed E-state index contributed by atoms with van der Waals surface area (Å²) >= 11 is 0. The number of nitriles is 1. The fraction of sp³-hybridized carbons (Fsp3) is 0.414. The number of carbonyl (C=O) groups is 2. The third-order valence-electron chi connectivity index (χ3n) is 7.06. The van der Waals surface area contributed by atoms with E-state index in [1.165, 1.54) is 23.8 Å². The number of nitrogens with zero attached hydrogens (tertiary/aromatic N) is 4. The molecule has 1 aromatic carbocycles. The van der Waals surface area contributed by atoms with Crippen LogP contribution in [0.1, 0.15) is 91.4 Å². The maximum Gasteiger partial charge on any atom is 0.291 e. The van der Waals surface area contributed by atoms with E-state index in [-0.39, 0.29) is 23.3 Å². The summed E-state index contributed by atoms with van der Waals surface area (Å²) in [6.45, 7) is 5.46. The van der Waals surface area contributed by atoms with Gasteiger partial charge in [0.15, 0.2) is 5.82 Å². The lowest BCUT2D eigenvalue weighted by molar-refractivity contribution is -0.131. The molecule has 9 nitrogen and oxygen atoms in total. The van der Waals surface area contributed by atoms with Crippen LogP contribution >= 0.6 is 0 Å². The summed E-state index contributed by atoms with van der Waals surface area (Å²) in [5, 5.41) is 12.0. The quantitative estimate of drug-likeness (QED) is 0.418. The van der Waals surface area contributed by atoms with Crippen LogP contribution < -0.4 is 5.32 Å². The van der Waals surface area contributed by atoms with Crippen LogP contribution in [0.3, 0.4) is 0 Å². The Bertz CT molecular complexity index is 1310. The lowest BCUT2D eigenvalue weighted by atomic mass is 9.85. The molecular weight excluding hydrogens is 478 g/mol. The number of carbonyl (C=O) groups excluding carboxylic acids is 2. The van der Waals surface area contributed by atoms with Gasteiger partial charge in [0.2, 0.25) is 5.91 Å². The number of aromatic nitrogens is 4. The number of aromatic amines is 2.